The molecule has 2 N–H and O–H groups in total. The summed E-state index contributed by atoms with van der Waals surface area (Å²) in [5, 5.41) is 0. The van der Waals surface area contributed by atoms with E-state index >= 15 is 0 Å². The zero-order valence-corrected chi connectivity index (χ0v) is 10.7. The van der Waals surface area contributed by atoms with E-state index in [1.807, 2.05) is 6.92 Å². The molecule has 0 bridgehead atoms. The Balaban J connectivity index is 2.31. The molecule has 1 saturated heterocycles. The zero-order valence-electron chi connectivity index (χ0n) is 9.88. The van der Waals surface area contributed by atoms with Crippen LogP contribution in [0.5, 0.6) is 5.75 Å². The van der Waals surface area contributed by atoms with Crippen molar-refractivity contribution in [2.75, 3.05) is 20.2 Å². The van der Waals surface area contributed by atoms with Gasteiger partial charge in [-0.1, -0.05) is 0 Å². The molecule has 1 aromatic rings. The fourth-order valence-electron chi connectivity index (χ4n) is 1.83. The van der Waals surface area contributed by atoms with Crippen molar-refractivity contribution in [3.63, 3.8) is 0 Å². The van der Waals surface area contributed by atoms with Gasteiger partial charge in [0, 0.05) is 19.1 Å². The van der Waals surface area contributed by atoms with Crippen LogP contribution in [0.2, 0.25) is 0 Å². The Labute approximate surface area is 101 Å². The number of methoxy groups -OCH3 is 1. The van der Waals surface area contributed by atoms with Crippen molar-refractivity contribution in [2.24, 2.45) is 5.73 Å². The third-order valence-corrected chi connectivity index (χ3v) is 4.71. The van der Waals surface area contributed by atoms with Crippen molar-refractivity contribution in [2.45, 2.75) is 17.9 Å². The van der Waals surface area contributed by atoms with Crippen LogP contribution in [0, 0.1) is 6.92 Å². The average Bonchev–Trinajstić information content (AvgIpc) is 2.24. The van der Waals surface area contributed by atoms with Crippen LogP contribution in [0.4, 0.5) is 0 Å². The number of benzene rings is 1. The van der Waals surface area contributed by atoms with Crippen molar-refractivity contribution < 1.29 is 13.2 Å². The third kappa shape index (κ3) is 2.15. The molecule has 1 heterocycles. The summed E-state index contributed by atoms with van der Waals surface area (Å²) in [5.41, 5.74) is 6.40. The Hall–Kier alpha value is -1.11. The molecule has 5 nitrogen and oxygen atoms in total. The first-order valence-electron chi connectivity index (χ1n) is 5.35. The van der Waals surface area contributed by atoms with Crippen LogP contribution >= 0.6 is 0 Å². The van der Waals surface area contributed by atoms with Crippen molar-refractivity contribution in [1.29, 1.82) is 0 Å². The van der Waals surface area contributed by atoms with E-state index in [0.717, 1.165) is 5.56 Å². The van der Waals surface area contributed by atoms with Gasteiger partial charge in [-0.2, -0.15) is 4.31 Å². The Morgan fingerprint density at radius 3 is 2.53 bits per heavy atom. The molecule has 1 aromatic carbocycles. The normalized spacial score (nSPS) is 17.8. The highest BCUT2D eigenvalue weighted by Crippen LogP contribution is 2.25. The standard InChI is InChI=1S/C11H16N2O3S/c1-8-5-10(3-4-11(8)16-2)17(14,15)13-6-9(12)7-13/h3-5,9H,6-7,12H2,1-2H3. The lowest BCUT2D eigenvalue weighted by atomic mass is 10.2. The fourth-order valence-corrected chi connectivity index (χ4v) is 3.47. The Kier molecular flexibility index (Phi) is 3.11. The molecule has 0 amide bonds. The van der Waals surface area contributed by atoms with E-state index in [0.29, 0.717) is 23.7 Å². The molecule has 1 aliphatic heterocycles. The van der Waals surface area contributed by atoms with Crippen LogP contribution < -0.4 is 10.5 Å². The first-order valence-corrected chi connectivity index (χ1v) is 6.79. The summed E-state index contributed by atoms with van der Waals surface area (Å²) in [6.07, 6.45) is 0. The molecule has 2 rings (SSSR count). The quantitative estimate of drug-likeness (QED) is 0.846. The van der Waals surface area contributed by atoms with Crippen LogP contribution in [-0.2, 0) is 10.0 Å². The Morgan fingerprint density at radius 1 is 1.41 bits per heavy atom. The van der Waals surface area contributed by atoms with Crippen LogP contribution in [0.15, 0.2) is 23.1 Å². The van der Waals surface area contributed by atoms with Gasteiger partial charge in [0.15, 0.2) is 0 Å². The molecular weight excluding hydrogens is 240 g/mol. The lowest BCUT2D eigenvalue weighted by Crippen LogP contribution is -2.57. The number of hydrogen-bond donors (Lipinski definition) is 1. The molecule has 6 heteroatoms. The molecule has 17 heavy (non-hydrogen) atoms. The SMILES string of the molecule is COc1ccc(S(=O)(=O)N2CC(N)C2)cc1C. The van der Waals surface area contributed by atoms with E-state index in [1.165, 1.54) is 4.31 Å². The maximum absolute atomic E-state index is 12.1. The molecule has 1 aliphatic rings. The summed E-state index contributed by atoms with van der Waals surface area (Å²) < 4.78 is 30.8. The summed E-state index contributed by atoms with van der Waals surface area (Å²) in [4.78, 5) is 0.294. The van der Waals surface area contributed by atoms with Gasteiger partial charge in [-0.05, 0) is 30.7 Å². The largest absolute Gasteiger partial charge is 0.496 e. The summed E-state index contributed by atoms with van der Waals surface area (Å²) in [6, 6.07) is 4.81. The minimum Gasteiger partial charge on any atom is -0.496 e. The van der Waals surface area contributed by atoms with E-state index in [2.05, 4.69) is 0 Å². The van der Waals surface area contributed by atoms with Crippen molar-refractivity contribution in [1.82, 2.24) is 4.31 Å². The first-order chi connectivity index (χ1) is 7.95. The van der Waals surface area contributed by atoms with Gasteiger partial charge in [0.2, 0.25) is 10.0 Å². The lowest BCUT2D eigenvalue weighted by molar-refractivity contribution is 0.265. The van der Waals surface area contributed by atoms with E-state index in [4.69, 9.17) is 10.5 Å². The molecule has 0 unspecified atom stereocenters. The molecule has 0 spiro atoms. The predicted octanol–water partition coefficient (Wildman–Crippen LogP) is 0.335. The summed E-state index contributed by atoms with van der Waals surface area (Å²) in [7, 11) is -1.82. The number of hydrogen-bond acceptors (Lipinski definition) is 4. The number of aryl methyl sites for hydroxylation is 1. The Bertz CT molecular complexity index is 522. The van der Waals surface area contributed by atoms with Gasteiger partial charge >= 0.3 is 0 Å². The monoisotopic (exact) mass is 256 g/mol. The molecular formula is C11H16N2O3S. The van der Waals surface area contributed by atoms with Crippen LogP contribution in [-0.4, -0.2) is 39.0 Å². The highest BCUT2D eigenvalue weighted by Gasteiger charge is 2.34. The van der Waals surface area contributed by atoms with E-state index in [-0.39, 0.29) is 6.04 Å². The second-order valence-corrected chi connectivity index (χ2v) is 6.15. The minimum absolute atomic E-state index is 0.0379. The highest BCUT2D eigenvalue weighted by atomic mass is 32.2. The number of nitrogens with zero attached hydrogens (tertiary/aromatic N) is 1. The highest BCUT2D eigenvalue weighted by molar-refractivity contribution is 7.89. The fraction of sp³-hybridized carbons (Fsp3) is 0.455. The van der Waals surface area contributed by atoms with Gasteiger partial charge < -0.3 is 10.5 Å². The van der Waals surface area contributed by atoms with E-state index in [1.54, 1.807) is 25.3 Å². The van der Waals surface area contributed by atoms with Crippen LogP contribution in [0.3, 0.4) is 0 Å². The minimum atomic E-state index is -3.38. The third-order valence-electron chi connectivity index (χ3n) is 2.88. The molecule has 0 saturated carbocycles. The summed E-state index contributed by atoms with van der Waals surface area (Å²) >= 11 is 0. The van der Waals surface area contributed by atoms with Crippen LogP contribution in [0.1, 0.15) is 5.56 Å². The second kappa shape index (κ2) is 4.29. The lowest BCUT2D eigenvalue weighted by Gasteiger charge is -2.35. The summed E-state index contributed by atoms with van der Waals surface area (Å²) in [6.45, 7) is 2.61. The van der Waals surface area contributed by atoms with E-state index in [9.17, 15) is 8.42 Å². The first kappa shape index (κ1) is 12.3. The molecule has 0 aliphatic carbocycles. The number of rotatable bonds is 3. The number of ether oxygens (including phenoxy) is 1. The van der Waals surface area contributed by atoms with Crippen molar-refractivity contribution in [3.05, 3.63) is 23.8 Å². The summed E-state index contributed by atoms with van der Waals surface area (Å²) in [5.74, 6) is 0.685. The molecule has 0 atom stereocenters. The van der Waals surface area contributed by atoms with Crippen molar-refractivity contribution >= 4 is 10.0 Å². The number of sulfonamides is 1. The van der Waals surface area contributed by atoms with Gasteiger partial charge in [0.1, 0.15) is 5.75 Å². The topological polar surface area (TPSA) is 72.6 Å². The Morgan fingerprint density at radius 2 is 2.06 bits per heavy atom. The van der Waals surface area contributed by atoms with Gasteiger partial charge in [-0.15, -0.1) is 0 Å². The smallest absolute Gasteiger partial charge is 0.243 e. The number of nitrogens with two attached hydrogens (primary N) is 1. The van der Waals surface area contributed by atoms with Crippen LogP contribution in [0.25, 0.3) is 0 Å². The molecule has 0 radical (unpaired) electrons. The average molecular weight is 256 g/mol. The molecule has 1 fully saturated rings. The van der Waals surface area contributed by atoms with Gasteiger partial charge in [0.25, 0.3) is 0 Å². The maximum Gasteiger partial charge on any atom is 0.243 e. The van der Waals surface area contributed by atoms with Gasteiger partial charge in [-0.25, -0.2) is 8.42 Å². The van der Waals surface area contributed by atoms with Gasteiger partial charge in [-0.3, -0.25) is 0 Å². The van der Waals surface area contributed by atoms with E-state index < -0.39 is 10.0 Å². The second-order valence-electron chi connectivity index (χ2n) is 4.21. The predicted molar refractivity (Wildman–Crippen MR) is 64.5 cm³/mol. The molecule has 0 aromatic heterocycles. The van der Waals surface area contributed by atoms with Gasteiger partial charge in [0.05, 0.1) is 12.0 Å². The van der Waals surface area contributed by atoms with Crippen molar-refractivity contribution in [3.8, 4) is 5.75 Å². The maximum atomic E-state index is 12.1. The molecule has 94 valence electrons. The zero-order chi connectivity index (χ0) is 12.6.